The number of tetrazole rings is 1. The van der Waals surface area contributed by atoms with E-state index in [1.807, 2.05) is 6.07 Å². The zero-order chi connectivity index (χ0) is 27.8. The minimum absolute atomic E-state index is 0.0908. The summed E-state index contributed by atoms with van der Waals surface area (Å²) in [5.74, 6) is -3.71. The summed E-state index contributed by atoms with van der Waals surface area (Å²) >= 11 is 6.08. The molecule has 0 aliphatic rings. The Morgan fingerprint density at radius 3 is 2.38 bits per heavy atom. The van der Waals surface area contributed by atoms with Crippen LogP contribution in [-0.4, -0.2) is 55.0 Å². The van der Waals surface area contributed by atoms with E-state index in [1.54, 1.807) is 54.6 Å². The molecule has 0 saturated heterocycles. The Morgan fingerprint density at radius 1 is 0.897 bits per heavy atom. The number of carboxylic acids is 1. The number of aromatic nitrogens is 4. The largest absolute Gasteiger partial charge is 0.481 e. The number of amides is 3. The molecule has 4 N–H and O–H groups in total. The number of halogens is 1. The number of carbonyl (C=O) groups excluding carboxylic acids is 3. The van der Waals surface area contributed by atoms with Gasteiger partial charge in [-0.2, -0.15) is 4.68 Å². The Bertz CT molecular complexity index is 1500. The van der Waals surface area contributed by atoms with Gasteiger partial charge in [0.2, 0.25) is 5.91 Å². The van der Waals surface area contributed by atoms with Crippen LogP contribution in [0, 0.1) is 0 Å². The van der Waals surface area contributed by atoms with Crippen molar-refractivity contribution < 1.29 is 24.3 Å². The van der Waals surface area contributed by atoms with Crippen molar-refractivity contribution in [1.82, 2.24) is 25.5 Å². The van der Waals surface area contributed by atoms with Crippen molar-refractivity contribution in [3.63, 3.8) is 0 Å². The molecule has 4 rings (SSSR count). The molecule has 1 heterocycles. The lowest BCUT2D eigenvalue weighted by molar-refractivity contribution is -0.137. The zero-order valence-electron chi connectivity index (χ0n) is 20.2. The Balaban J connectivity index is 1.51. The van der Waals surface area contributed by atoms with Gasteiger partial charge < -0.3 is 21.1 Å². The van der Waals surface area contributed by atoms with Gasteiger partial charge in [-0.25, -0.2) is 0 Å². The van der Waals surface area contributed by atoms with Gasteiger partial charge in [-0.15, -0.1) is 5.10 Å². The summed E-state index contributed by atoms with van der Waals surface area (Å²) in [5, 5.41) is 27.9. The highest BCUT2D eigenvalue weighted by Crippen LogP contribution is 2.23. The first-order valence-electron chi connectivity index (χ1n) is 11.6. The molecule has 0 radical (unpaired) electrons. The third kappa shape index (κ3) is 7.46. The van der Waals surface area contributed by atoms with Crippen molar-refractivity contribution in [3.8, 4) is 5.69 Å². The van der Waals surface area contributed by atoms with Gasteiger partial charge in [0.05, 0.1) is 17.8 Å². The van der Waals surface area contributed by atoms with Gasteiger partial charge in [0.25, 0.3) is 0 Å². The van der Waals surface area contributed by atoms with Crippen molar-refractivity contribution in [3.05, 3.63) is 95.3 Å². The number of nitrogens with one attached hydrogen (secondary N) is 3. The number of hydrogen-bond donors (Lipinski definition) is 4. The minimum Gasteiger partial charge on any atom is -0.481 e. The van der Waals surface area contributed by atoms with Crippen molar-refractivity contribution in [2.45, 2.75) is 18.9 Å². The molecule has 0 spiro atoms. The van der Waals surface area contributed by atoms with Crippen molar-refractivity contribution in [1.29, 1.82) is 0 Å². The number of anilines is 2. The van der Waals surface area contributed by atoms with Gasteiger partial charge in [0.1, 0.15) is 12.4 Å². The summed E-state index contributed by atoms with van der Waals surface area (Å²) in [7, 11) is 0. The van der Waals surface area contributed by atoms with Gasteiger partial charge in [0, 0.05) is 17.1 Å². The molecule has 3 amide bonds. The van der Waals surface area contributed by atoms with Gasteiger partial charge in [-0.1, -0.05) is 54.1 Å². The summed E-state index contributed by atoms with van der Waals surface area (Å²) in [6.45, 7) is 0. The summed E-state index contributed by atoms with van der Waals surface area (Å²) in [6, 6.07) is 18.7. The highest BCUT2D eigenvalue weighted by Gasteiger charge is 2.26. The summed E-state index contributed by atoms with van der Waals surface area (Å²) < 4.78 is 1.29. The molecule has 0 aliphatic heterocycles. The molecule has 0 fully saturated rings. The van der Waals surface area contributed by atoms with Crippen LogP contribution in [0.25, 0.3) is 5.69 Å². The maximum absolute atomic E-state index is 13.2. The molecular formula is C26H22ClN7O5. The maximum atomic E-state index is 13.2. The second-order valence-electron chi connectivity index (χ2n) is 8.35. The highest BCUT2D eigenvalue weighted by atomic mass is 35.5. The van der Waals surface area contributed by atoms with E-state index in [9.17, 15) is 19.2 Å². The molecule has 4 aromatic rings. The Morgan fingerprint density at radius 2 is 1.67 bits per heavy atom. The fraction of sp³-hybridized carbons (Fsp3) is 0.115. The van der Waals surface area contributed by atoms with Crippen LogP contribution in [0.4, 0.5) is 11.4 Å². The van der Waals surface area contributed by atoms with Gasteiger partial charge in [-0.3, -0.25) is 19.2 Å². The number of benzene rings is 3. The molecular weight excluding hydrogens is 526 g/mol. The van der Waals surface area contributed by atoms with E-state index in [0.717, 1.165) is 5.56 Å². The lowest BCUT2D eigenvalue weighted by atomic mass is 10.0. The molecule has 1 atom stereocenters. The summed E-state index contributed by atoms with van der Waals surface area (Å²) in [6.07, 6.45) is 1.18. The molecule has 0 unspecified atom stereocenters. The minimum atomic E-state index is -1.13. The molecule has 0 aliphatic carbocycles. The second-order valence-corrected chi connectivity index (χ2v) is 8.78. The van der Waals surface area contributed by atoms with Crippen molar-refractivity contribution >= 4 is 46.7 Å². The molecule has 13 heteroatoms. The maximum Gasteiger partial charge on any atom is 0.313 e. The number of carboxylic acid groups (broad SMARTS) is 1. The van der Waals surface area contributed by atoms with Gasteiger partial charge >= 0.3 is 17.8 Å². The van der Waals surface area contributed by atoms with Crippen LogP contribution in [0.2, 0.25) is 5.02 Å². The van der Waals surface area contributed by atoms with E-state index < -0.39 is 29.7 Å². The van der Waals surface area contributed by atoms with Crippen molar-refractivity contribution in [2.24, 2.45) is 0 Å². The molecule has 0 saturated carbocycles. The monoisotopic (exact) mass is 547 g/mol. The van der Waals surface area contributed by atoms with Crippen LogP contribution in [0.5, 0.6) is 0 Å². The Kier molecular flexibility index (Phi) is 8.59. The van der Waals surface area contributed by atoms with E-state index in [1.165, 1.54) is 23.1 Å². The molecule has 0 bridgehead atoms. The Hall–Kier alpha value is -5.10. The zero-order valence-corrected chi connectivity index (χ0v) is 21.0. The number of hydrogen-bond acceptors (Lipinski definition) is 7. The van der Waals surface area contributed by atoms with Crippen LogP contribution in [-0.2, 0) is 32.0 Å². The van der Waals surface area contributed by atoms with Crippen LogP contribution in [0.15, 0.2) is 79.1 Å². The smallest absolute Gasteiger partial charge is 0.313 e. The van der Waals surface area contributed by atoms with E-state index in [4.69, 9.17) is 16.7 Å². The first-order valence-corrected chi connectivity index (χ1v) is 12.0. The molecule has 3 aromatic carbocycles. The number of rotatable bonds is 9. The van der Waals surface area contributed by atoms with Crippen molar-refractivity contribution in [2.75, 3.05) is 10.6 Å². The number of nitrogens with zero attached hydrogens (tertiary/aromatic N) is 4. The topological polar surface area (TPSA) is 168 Å². The molecule has 12 nitrogen and oxygen atoms in total. The molecule has 39 heavy (non-hydrogen) atoms. The average Bonchev–Trinajstić information content (AvgIpc) is 3.43. The lowest BCUT2D eigenvalue weighted by Crippen LogP contribution is -2.49. The fourth-order valence-corrected chi connectivity index (χ4v) is 3.88. The quantitative estimate of drug-likeness (QED) is 0.231. The van der Waals surface area contributed by atoms with Crippen LogP contribution in [0.3, 0.4) is 0 Å². The van der Waals surface area contributed by atoms with Crippen LogP contribution < -0.4 is 16.0 Å². The van der Waals surface area contributed by atoms with E-state index in [-0.39, 0.29) is 18.5 Å². The third-order valence-electron chi connectivity index (χ3n) is 5.46. The van der Waals surface area contributed by atoms with Gasteiger partial charge in [0.15, 0.2) is 0 Å². The average molecular weight is 548 g/mol. The molecule has 1 aromatic heterocycles. The Labute approximate surface area is 227 Å². The number of carbonyl (C=O) groups is 4. The normalized spacial score (nSPS) is 11.3. The lowest BCUT2D eigenvalue weighted by Gasteiger charge is -2.19. The predicted molar refractivity (Wildman–Crippen MR) is 141 cm³/mol. The standard InChI is InChI=1S/C26H22ClN7O5/c27-18-9-10-22(34-15-28-32-33-34)20(14-18)30-25(38)26(39)31-21(12-16-5-2-1-3-6-16)24(37)29-19-8-4-7-17(11-19)13-23(35)36/h1-11,14-15,21H,12-13H2,(H,29,37)(H,30,38)(H,31,39)(H,35,36)/t21-/m0/s1. The summed E-state index contributed by atoms with van der Waals surface area (Å²) in [5.41, 5.74) is 2.12. The van der Waals surface area contributed by atoms with Gasteiger partial charge in [-0.05, 0) is 51.9 Å². The molecule has 198 valence electrons. The fourth-order valence-electron chi connectivity index (χ4n) is 3.70. The first kappa shape index (κ1) is 26.9. The van der Waals surface area contributed by atoms with Crippen LogP contribution in [0.1, 0.15) is 11.1 Å². The van der Waals surface area contributed by atoms with E-state index in [0.29, 0.717) is 22.0 Å². The van der Waals surface area contributed by atoms with E-state index in [2.05, 4.69) is 31.5 Å². The summed E-state index contributed by atoms with van der Waals surface area (Å²) in [4.78, 5) is 50.0. The second kappa shape index (κ2) is 12.4. The van der Waals surface area contributed by atoms with E-state index >= 15 is 0 Å². The SMILES string of the molecule is O=C(O)Cc1cccc(NC(=O)[C@H](Cc2ccccc2)NC(=O)C(=O)Nc2cc(Cl)ccc2-n2cnnn2)c1. The predicted octanol–water partition coefficient (Wildman–Crippen LogP) is 2.25. The van der Waals surface area contributed by atoms with Crippen LogP contribution >= 0.6 is 11.6 Å². The third-order valence-corrected chi connectivity index (χ3v) is 5.70. The number of aliphatic carboxylic acids is 1. The highest BCUT2D eigenvalue weighted by molar-refractivity contribution is 6.40. The first-order chi connectivity index (χ1) is 18.8.